The third-order valence-electron chi connectivity index (χ3n) is 4.48. The lowest BCUT2D eigenvalue weighted by molar-refractivity contribution is -0.115. The average molecular weight is 404 g/mol. The van der Waals surface area contributed by atoms with Gasteiger partial charge >= 0.3 is 6.01 Å². The number of amides is 1. The number of rotatable bonds is 7. The van der Waals surface area contributed by atoms with Crippen LogP contribution in [0.4, 0.5) is 6.01 Å². The van der Waals surface area contributed by atoms with Crippen molar-refractivity contribution in [3.63, 3.8) is 0 Å². The lowest BCUT2D eigenvalue weighted by Crippen LogP contribution is -2.14. The number of hydrogen-bond acceptors (Lipinski definition) is 5. The monoisotopic (exact) mass is 403 g/mol. The molecule has 1 N–H and O–H groups in total. The van der Waals surface area contributed by atoms with E-state index in [2.05, 4.69) is 52.8 Å². The van der Waals surface area contributed by atoms with Crippen LogP contribution in [0.1, 0.15) is 23.9 Å². The van der Waals surface area contributed by atoms with Crippen LogP contribution in [-0.2, 0) is 17.6 Å². The summed E-state index contributed by atoms with van der Waals surface area (Å²) in [5, 5.41) is 12.9. The van der Waals surface area contributed by atoms with Gasteiger partial charge in [-0.05, 0) is 39.8 Å². The SMILES string of the molecule is CCSc1ccc(Cc2nnc(NC(=O)Cc3ccc4ccccc4c3)o2)cc1. The van der Waals surface area contributed by atoms with Gasteiger partial charge in [-0.15, -0.1) is 16.9 Å². The summed E-state index contributed by atoms with van der Waals surface area (Å²) in [6.45, 7) is 2.13. The van der Waals surface area contributed by atoms with Crippen molar-refractivity contribution in [1.29, 1.82) is 0 Å². The zero-order valence-corrected chi connectivity index (χ0v) is 16.9. The molecular formula is C23H21N3O2S. The first kappa shape index (κ1) is 19.2. The zero-order valence-electron chi connectivity index (χ0n) is 16.1. The van der Waals surface area contributed by atoms with E-state index in [1.54, 1.807) is 11.8 Å². The number of benzene rings is 3. The van der Waals surface area contributed by atoms with Gasteiger partial charge in [0.1, 0.15) is 0 Å². The van der Waals surface area contributed by atoms with Gasteiger partial charge in [0.15, 0.2) is 0 Å². The van der Waals surface area contributed by atoms with E-state index >= 15 is 0 Å². The van der Waals surface area contributed by atoms with Crippen LogP contribution in [0.2, 0.25) is 0 Å². The molecule has 0 aliphatic carbocycles. The molecule has 4 aromatic rings. The van der Waals surface area contributed by atoms with Gasteiger partial charge in [0.2, 0.25) is 11.8 Å². The lowest BCUT2D eigenvalue weighted by Gasteiger charge is -2.03. The van der Waals surface area contributed by atoms with Crippen LogP contribution in [0.3, 0.4) is 0 Å². The molecule has 1 amide bonds. The summed E-state index contributed by atoms with van der Waals surface area (Å²) >= 11 is 1.80. The van der Waals surface area contributed by atoms with Crippen LogP contribution in [-0.4, -0.2) is 21.9 Å². The molecule has 29 heavy (non-hydrogen) atoms. The Labute approximate surface area is 173 Å². The maximum Gasteiger partial charge on any atom is 0.322 e. The Morgan fingerprint density at radius 2 is 1.72 bits per heavy atom. The summed E-state index contributed by atoms with van der Waals surface area (Å²) in [5.41, 5.74) is 2.02. The standard InChI is InChI=1S/C23H21N3O2S/c1-2-29-20-11-8-16(9-12-20)15-22-25-26-23(28-22)24-21(27)14-17-7-10-18-5-3-4-6-19(18)13-17/h3-13H,2,14-15H2,1H3,(H,24,26,27). The molecular weight excluding hydrogens is 382 g/mol. The Morgan fingerprint density at radius 3 is 2.52 bits per heavy atom. The highest BCUT2D eigenvalue weighted by atomic mass is 32.2. The minimum atomic E-state index is -0.184. The minimum absolute atomic E-state index is 0.129. The number of thioether (sulfide) groups is 1. The van der Waals surface area contributed by atoms with Crippen molar-refractivity contribution in [3.05, 3.63) is 83.7 Å². The van der Waals surface area contributed by atoms with Gasteiger partial charge in [0, 0.05) is 4.90 Å². The van der Waals surface area contributed by atoms with E-state index in [-0.39, 0.29) is 18.3 Å². The van der Waals surface area contributed by atoms with Gasteiger partial charge in [-0.1, -0.05) is 66.6 Å². The van der Waals surface area contributed by atoms with Gasteiger partial charge in [-0.2, -0.15) is 0 Å². The lowest BCUT2D eigenvalue weighted by atomic mass is 10.1. The van der Waals surface area contributed by atoms with Crippen LogP contribution in [0.25, 0.3) is 10.8 Å². The molecule has 1 aromatic heterocycles. The second kappa shape index (κ2) is 8.92. The van der Waals surface area contributed by atoms with Crippen LogP contribution < -0.4 is 5.32 Å². The van der Waals surface area contributed by atoms with Gasteiger partial charge in [-0.3, -0.25) is 10.1 Å². The highest BCUT2D eigenvalue weighted by molar-refractivity contribution is 7.99. The number of hydrogen-bond donors (Lipinski definition) is 1. The summed E-state index contributed by atoms with van der Waals surface area (Å²) in [5.74, 6) is 1.34. The molecule has 0 spiro atoms. The van der Waals surface area contributed by atoms with Crippen molar-refractivity contribution in [2.24, 2.45) is 0 Å². The fourth-order valence-corrected chi connectivity index (χ4v) is 3.78. The summed E-state index contributed by atoms with van der Waals surface area (Å²) in [6, 6.07) is 22.5. The molecule has 0 saturated heterocycles. The second-order valence-electron chi connectivity index (χ2n) is 6.66. The van der Waals surface area contributed by atoms with Crippen molar-refractivity contribution in [2.45, 2.75) is 24.7 Å². The molecule has 6 heteroatoms. The summed E-state index contributed by atoms with van der Waals surface area (Å²) < 4.78 is 5.58. The zero-order chi connectivity index (χ0) is 20.1. The number of fused-ring (bicyclic) bond motifs is 1. The summed E-state index contributed by atoms with van der Waals surface area (Å²) in [4.78, 5) is 13.6. The number of carbonyl (C=O) groups excluding carboxylic acids is 1. The Kier molecular flexibility index (Phi) is 5.91. The van der Waals surface area contributed by atoms with Gasteiger partial charge in [0.05, 0.1) is 12.8 Å². The fourth-order valence-electron chi connectivity index (χ4n) is 3.12. The number of anilines is 1. The van der Waals surface area contributed by atoms with Crippen molar-refractivity contribution in [1.82, 2.24) is 10.2 Å². The number of aromatic nitrogens is 2. The van der Waals surface area contributed by atoms with E-state index < -0.39 is 0 Å². The Morgan fingerprint density at radius 1 is 0.966 bits per heavy atom. The van der Waals surface area contributed by atoms with E-state index in [0.717, 1.165) is 27.7 Å². The summed E-state index contributed by atoms with van der Waals surface area (Å²) in [6.07, 6.45) is 0.781. The van der Waals surface area contributed by atoms with Crippen LogP contribution in [0, 0.1) is 0 Å². The predicted molar refractivity (Wildman–Crippen MR) is 116 cm³/mol. The normalized spacial score (nSPS) is 10.9. The topological polar surface area (TPSA) is 68.0 Å². The Hall–Kier alpha value is -3.12. The molecule has 146 valence electrons. The smallest absolute Gasteiger partial charge is 0.322 e. The van der Waals surface area contributed by atoms with Gasteiger partial charge in [-0.25, -0.2) is 0 Å². The van der Waals surface area contributed by atoms with Gasteiger partial charge < -0.3 is 4.42 Å². The van der Waals surface area contributed by atoms with Crippen molar-refractivity contribution >= 4 is 34.5 Å². The Bertz CT molecular complexity index is 1120. The van der Waals surface area contributed by atoms with E-state index in [0.29, 0.717) is 12.3 Å². The summed E-state index contributed by atoms with van der Waals surface area (Å²) in [7, 11) is 0. The third-order valence-corrected chi connectivity index (χ3v) is 5.38. The third kappa shape index (κ3) is 5.03. The van der Waals surface area contributed by atoms with E-state index in [9.17, 15) is 4.79 Å². The maximum absolute atomic E-state index is 12.3. The van der Waals surface area contributed by atoms with Crippen molar-refractivity contribution in [3.8, 4) is 0 Å². The van der Waals surface area contributed by atoms with E-state index in [1.807, 2.05) is 36.4 Å². The molecule has 0 aliphatic rings. The Balaban J connectivity index is 1.35. The molecule has 1 heterocycles. The molecule has 0 aliphatic heterocycles. The maximum atomic E-state index is 12.3. The molecule has 0 saturated carbocycles. The molecule has 0 fully saturated rings. The highest BCUT2D eigenvalue weighted by Gasteiger charge is 2.11. The fraction of sp³-hybridized carbons (Fsp3) is 0.174. The van der Waals surface area contributed by atoms with Gasteiger partial charge in [0.25, 0.3) is 0 Å². The van der Waals surface area contributed by atoms with E-state index in [4.69, 9.17) is 4.42 Å². The molecule has 0 bridgehead atoms. The largest absolute Gasteiger partial charge is 0.407 e. The molecule has 0 atom stereocenters. The minimum Gasteiger partial charge on any atom is -0.407 e. The van der Waals surface area contributed by atoms with Crippen molar-refractivity contribution in [2.75, 3.05) is 11.1 Å². The van der Waals surface area contributed by atoms with E-state index in [1.165, 1.54) is 4.90 Å². The first-order valence-corrected chi connectivity index (χ1v) is 10.5. The molecule has 0 unspecified atom stereocenters. The van der Waals surface area contributed by atoms with Crippen molar-refractivity contribution < 1.29 is 9.21 Å². The van der Waals surface area contributed by atoms with Crippen LogP contribution >= 0.6 is 11.8 Å². The average Bonchev–Trinajstić information content (AvgIpc) is 3.16. The first-order valence-electron chi connectivity index (χ1n) is 9.51. The molecule has 0 radical (unpaired) electrons. The van der Waals surface area contributed by atoms with Crippen LogP contribution in [0.15, 0.2) is 76.0 Å². The quantitative estimate of drug-likeness (QED) is 0.435. The number of carbonyl (C=O) groups is 1. The number of nitrogens with one attached hydrogen (secondary N) is 1. The molecule has 5 nitrogen and oxygen atoms in total. The molecule has 4 rings (SSSR count). The predicted octanol–water partition coefficient (Wildman–Crippen LogP) is 5.11. The number of nitrogens with zero attached hydrogens (tertiary/aromatic N) is 2. The first-order chi connectivity index (χ1) is 14.2. The molecule has 3 aromatic carbocycles. The van der Waals surface area contributed by atoms with Crippen LogP contribution in [0.5, 0.6) is 0 Å². The second-order valence-corrected chi connectivity index (χ2v) is 8.00. The highest BCUT2D eigenvalue weighted by Crippen LogP contribution is 2.20.